The summed E-state index contributed by atoms with van der Waals surface area (Å²) in [4.78, 5) is 15.8. The highest BCUT2D eigenvalue weighted by Gasteiger charge is 2.13. The lowest BCUT2D eigenvalue weighted by Crippen LogP contribution is -2.36. The van der Waals surface area contributed by atoms with E-state index in [1.807, 2.05) is 54.4 Å². The minimum absolute atomic E-state index is 0.00746. The summed E-state index contributed by atoms with van der Waals surface area (Å²) >= 11 is 0. The first-order valence-corrected chi connectivity index (χ1v) is 6.64. The van der Waals surface area contributed by atoms with Crippen molar-refractivity contribution in [1.29, 1.82) is 5.26 Å². The summed E-state index contributed by atoms with van der Waals surface area (Å²) in [5.41, 5.74) is 2.39. The fourth-order valence-corrected chi connectivity index (χ4v) is 1.99. The minimum Gasteiger partial charge on any atom is -0.365 e. The van der Waals surface area contributed by atoms with Gasteiger partial charge in [-0.3, -0.25) is 4.79 Å². The number of rotatable bonds is 4. The highest BCUT2D eigenvalue weighted by Crippen LogP contribution is 2.15. The summed E-state index contributed by atoms with van der Waals surface area (Å²) in [5.74, 6) is 0.00746. The molecule has 0 fully saturated rings. The van der Waals surface area contributed by atoms with Crippen LogP contribution in [0.2, 0.25) is 0 Å². The number of hydrogen-bond donors (Lipinski definition) is 0. The molecule has 0 bridgehead atoms. The molecule has 0 aromatic heterocycles. The summed E-state index contributed by atoms with van der Waals surface area (Å²) < 4.78 is 0. The molecule has 0 N–H and O–H groups in total. The molecule has 0 atom stereocenters. The molecule has 2 aromatic rings. The minimum atomic E-state index is 0.00746. The van der Waals surface area contributed by atoms with Crippen molar-refractivity contribution in [3.63, 3.8) is 0 Å². The Kier molecular flexibility index (Phi) is 4.57. The maximum absolute atomic E-state index is 12.3. The molecule has 0 aliphatic carbocycles. The van der Waals surface area contributed by atoms with Gasteiger partial charge in [0.05, 0.1) is 18.2 Å². The van der Waals surface area contributed by atoms with Crippen molar-refractivity contribution in [1.82, 2.24) is 0 Å². The lowest BCUT2D eigenvalue weighted by molar-refractivity contribution is -0.117. The van der Waals surface area contributed by atoms with Crippen molar-refractivity contribution in [3.05, 3.63) is 60.2 Å². The molecular formula is C17H17N3O. The van der Waals surface area contributed by atoms with Crippen LogP contribution < -0.4 is 9.80 Å². The van der Waals surface area contributed by atoms with E-state index in [1.54, 1.807) is 24.1 Å². The van der Waals surface area contributed by atoms with Gasteiger partial charge in [0, 0.05) is 25.5 Å². The number of nitriles is 1. The first kappa shape index (κ1) is 14.6. The van der Waals surface area contributed by atoms with E-state index in [0.29, 0.717) is 5.56 Å². The van der Waals surface area contributed by atoms with Gasteiger partial charge in [0.15, 0.2) is 0 Å². The van der Waals surface area contributed by atoms with Crippen molar-refractivity contribution in [2.75, 3.05) is 30.4 Å². The Morgan fingerprint density at radius 2 is 1.62 bits per heavy atom. The van der Waals surface area contributed by atoms with E-state index >= 15 is 0 Å². The SMILES string of the molecule is CN(CC(=O)N(C)c1ccccc1)c1ccc(C#N)cc1. The molecule has 0 aliphatic rings. The lowest BCUT2D eigenvalue weighted by atomic mass is 10.2. The third-order valence-electron chi connectivity index (χ3n) is 3.33. The zero-order valence-electron chi connectivity index (χ0n) is 12.2. The van der Waals surface area contributed by atoms with E-state index < -0.39 is 0 Å². The summed E-state index contributed by atoms with van der Waals surface area (Å²) in [6.07, 6.45) is 0. The number of likely N-dealkylation sites (N-methyl/N-ethyl adjacent to an activating group) is 2. The largest absolute Gasteiger partial charge is 0.365 e. The number of nitrogens with zero attached hydrogens (tertiary/aromatic N) is 3. The Morgan fingerprint density at radius 3 is 2.19 bits per heavy atom. The van der Waals surface area contributed by atoms with Crippen molar-refractivity contribution in [3.8, 4) is 6.07 Å². The van der Waals surface area contributed by atoms with Gasteiger partial charge < -0.3 is 9.80 Å². The van der Waals surface area contributed by atoms with Gasteiger partial charge >= 0.3 is 0 Å². The summed E-state index contributed by atoms with van der Waals surface area (Å²) in [5, 5.41) is 8.79. The van der Waals surface area contributed by atoms with Crippen LogP contribution in [-0.2, 0) is 4.79 Å². The summed E-state index contributed by atoms with van der Waals surface area (Å²) in [6, 6.07) is 18.8. The van der Waals surface area contributed by atoms with Gasteiger partial charge in [-0.25, -0.2) is 0 Å². The standard InChI is InChI=1S/C17H17N3O/c1-19(15-10-8-14(12-18)9-11-15)13-17(21)20(2)16-6-4-3-5-7-16/h3-11H,13H2,1-2H3. The smallest absolute Gasteiger partial charge is 0.246 e. The maximum atomic E-state index is 12.3. The van der Waals surface area contributed by atoms with Crippen molar-refractivity contribution in [2.45, 2.75) is 0 Å². The van der Waals surface area contributed by atoms with E-state index in [1.165, 1.54) is 0 Å². The molecule has 0 saturated carbocycles. The molecule has 0 unspecified atom stereocenters. The molecule has 0 spiro atoms. The number of benzene rings is 2. The fourth-order valence-electron chi connectivity index (χ4n) is 1.99. The third kappa shape index (κ3) is 3.61. The Morgan fingerprint density at radius 1 is 1.00 bits per heavy atom. The second-order valence-corrected chi connectivity index (χ2v) is 4.80. The molecule has 4 heteroatoms. The van der Waals surface area contributed by atoms with E-state index in [9.17, 15) is 4.79 Å². The molecule has 0 aliphatic heterocycles. The van der Waals surface area contributed by atoms with Crippen LogP contribution in [0.5, 0.6) is 0 Å². The van der Waals surface area contributed by atoms with Gasteiger partial charge in [0.2, 0.25) is 5.91 Å². The number of anilines is 2. The second kappa shape index (κ2) is 6.58. The number of carbonyl (C=O) groups excluding carboxylic acids is 1. The first-order chi connectivity index (χ1) is 10.1. The van der Waals surface area contributed by atoms with E-state index in [0.717, 1.165) is 11.4 Å². The predicted molar refractivity (Wildman–Crippen MR) is 84.3 cm³/mol. The normalized spacial score (nSPS) is 9.76. The molecule has 2 rings (SSSR count). The van der Waals surface area contributed by atoms with Gasteiger partial charge in [-0.15, -0.1) is 0 Å². The Balaban J connectivity index is 2.03. The van der Waals surface area contributed by atoms with Crippen LogP contribution in [0.15, 0.2) is 54.6 Å². The van der Waals surface area contributed by atoms with Crippen LogP contribution in [0, 0.1) is 11.3 Å². The Bertz CT molecular complexity index is 644. The van der Waals surface area contributed by atoms with Gasteiger partial charge in [-0.2, -0.15) is 5.26 Å². The fraction of sp³-hybridized carbons (Fsp3) is 0.176. The average molecular weight is 279 g/mol. The van der Waals surface area contributed by atoms with Gasteiger partial charge in [0.25, 0.3) is 0 Å². The van der Waals surface area contributed by atoms with E-state index in [4.69, 9.17) is 5.26 Å². The molecule has 0 saturated heterocycles. The Labute approximate surface area is 124 Å². The second-order valence-electron chi connectivity index (χ2n) is 4.80. The molecule has 2 aromatic carbocycles. The zero-order chi connectivity index (χ0) is 15.2. The van der Waals surface area contributed by atoms with Crippen molar-refractivity contribution >= 4 is 17.3 Å². The zero-order valence-corrected chi connectivity index (χ0v) is 12.2. The number of carbonyl (C=O) groups is 1. The highest BCUT2D eigenvalue weighted by atomic mass is 16.2. The highest BCUT2D eigenvalue weighted by molar-refractivity contribution is 5.95. The van der Waals surface area contributed by atoms with Crippen molar-refractivity contribution in [2.24, 2.45) is 0 Å². The number of amides is 1. The predicted octanol–water partition coefficient (Wildman–Crippen LogP) is 2.66. The van der Waals surface area contributed by atoms with Crippen LogP contribution in [0.4, 0.5) is 11.4 Å². The maximum Gasteiger partial charge on any atom is 0.246 e. The van der Waals surface area contributed by atoms with Crippen LogP contribution >= 0.6 is 0 Å². The Hall–Kier alpha value is -2.80. The first-order valence-electron chi connectivity index (χ1n) is 6.64. The van der Waals surface area contributed by atoms with Gasteiger partial charge in [-0.1, -0.05) is 18.2 Å². The van der Waals surface area contributed by atoms with Crippen molar-refractivity contribution < 1.29 is 4.79 Å². The average Bonchev–Trinajstić information content (AvgIpc) is 2.55. The third-order valence-corrected chi connectivity index (χ3v) is 3.33. The lowest BCUT2D eigenvalue weighted by Gasteiger charge is -2.23. The molecule has 4 nitrogen and oxygen atoms in total. The molecule has 21 heavy (non-hydrogen) atoms. The van der Waals surface area contributed by atoms with Gasteiger partial charge in [0.1, 0.15) is 0 Å². The van der Waals surface area contributed by atoms with Crippen LogP contribution in [0.3, 0.4) is 0 Å². The molecule has 0 heterocycles. The topological polar surface area (TPSA) is 47.3 Å². The van der Waals surface area contributed by atoms with E-state index in [-0.39, 0.29) is 12.5 Å². The number of para-hydroxylation sites is 1. The molecule has 106 valence electrons. The van der Waals surface area contributed by atoms with Crippen LogP contribution in [0.25, 0.3) is 0 Å². The monoisotopic (exact) mass is 279 g/mol. The summed E-state index contributed by atoms with van der Waals surface area (Å²) in [7, 11) is 3.63. The van der Waals surface area contributed by atoms with Crippen LogP contribution in [0.1, 0.15) is 5.56 Å². The molecular weight excluding hydrogens is 262 g/mol. The van der Waals surface area contributed by atoms with Gasteiger partial charge in [-0.05, 0) is 36.4 Å². The molecule has 0 radical (unpaired) electrons. The van der Waals surface area contributed by atoms with E-state index in [2.05, 4.69) is 6.07 Å². The quantitative estimate of drug-likeness (QED) is 0.864. The summed E-state index contributed by atoms with van der Waals surface area (Å²) in [6.45, 7) is 0.275. The molecule has 1 amide bonds. The van der Waals surface area contributed by atoms with Crippen LogP contribution in [-0.4, -0.2) is 26.5 Å². The number of hydrogen-bond acceptors (Lipinski definition) is 3.